The van der Waals surface area contributed by atoms with E-state index >= 15 is 0 Å². The van der Waals surface area contributed by atoms with E-state index in [1.165, 1.54) is 76.9 Å². The molecule has 0 N–H and O–H groups in total. The molecule has 0 radical (unpaired) electrons. The number of benzene rings is 8. The molecule has 1 aliphatic carbocycles. The van der Waals surface area contributed by atoms with Crippen LogP contribution in [0.1, 0.15) is 36.0 Å². The van der Waals surface area contributed by atoms with Gasteiger partial charge in [0.25, 0.3) is 0 Å². The van der Waals surface area contributed by atoms with E-state index in [4.69, 9.17) is 0 Å². The van der Waals surface area contributed by atoms with Crippen LogP contribution in [0.15, 0.2) is 157 Å². The summed E-state index contributed by atoms with van der Waals surface area (Å²) >= 11 is 0. The van der Waals surface area contributed by atoms with Gasteiger partial charge >= 0.3 is 0 Å². The van der Waals surface area contributed by atoms with E-state index in [2.05, 4.69) is 149 Å². The van der Waals surface area contributed by atoms with Gasteiger partial charge in [-0.2, -0.15) is 5.26 Å². The maximum atomic E-state index is 10.3. The molecule has 0 atom stereocenters. The van der Waals surface area contributed by atoms with Crippen LogP contribution in [0.5, 0.6) is 0 Å². The van der Waals surface area contributed by atoms with Gasteiger partial charge in [0, 0.05) is 34.4 Å². The van der Waals surface area contributed by atoms with E-state index in [9.17, 15) is 5.26 Å². The number of fused-ring (bicyclic) bond motifs is 2. The van der Waals surface area contributed by atoms with Crippen LogP contribution in [0.4, 0.5) is 22.7 Å². The average Bonchev–Trinajstić information content (AvgIpc) is 3.20. The number of nitriles is 1. The Kier molecular flexibility index (Phi) is 6.89. The minimum atomic E-state index is 0.666. The topological polar surface area (TPSA) is 30.3 Å². The fourth-order valence-electron chi connectivity index (χ4n) is 8.63. The summed E-state index contributed by atoms with van der Waals surface area (Å²) in [7, 11) is 0. The van der Waals surface area contributed by atoms with Crippen LogP contribution in [0.25, 0.3) is 48.7 Å². The quantitative estimate of drug-likeness (QED) is 0.173. The zero-order valence-electron chi connectivity index (χ0n) is 28.3. The van der Waals surface area contributed by atoms with Crippen molar-refractivity contribution in [3.63, 3.8) is 0 Å². The summed E-state index contributed by atoms with van der Waals surface area (Å²) in [5.74, 6) is 0. The van der Waals surface area contributed by atoms with E-state index in [1.807, 2.05) is 18.2 Å². The van der Waals surface area contributed by atoms with Gasteiger partial charge in [-0.05, 0) is 117 Å². The third-order valence-corrected chi connectivity index (χ3v) is 11.1. The van der Waals surface area contributed by atoms with Crippen molar-refractivity contribution in [1.29, 1.82) is 5.26 Å². The Bertz CT molecular complexity index is 2760. The molecule has 0 saturated carbocycles. The van der Waals surface area contributed by atoms with E-state index < -0.39 is 0 Å². The highest BCUT2D eigenvalue weighted by atomic mass is 15.2. The fourth-order valence-corrected chi connectivity index (χ4v) is 8.63. The fraction of sp³-hybridized carbons (Fsp3) is 0.104. The standard InChI is InChI=1S/C48H35N3/c49-31-39-11-4-6-14-44(39)51(40-23-17-33(18-24-40)38-16-15-32-8-1-2-10-37(32)30-38)46-28-22-36-19-25-41-45(27-21-35-20-26-42(46)48(36)47(35)41)50-29-7-12-34-9-3-5-13-43(34)50/h1-6,8-11,13-17,19-23,25-28,30H,7,12,18,24,29H2. The molecule has 0 aromatic heterocycles. The summed E-state index contributed by atoms with van der Waals surface area (Å²) in [5.41, 5.74) is 10.5. The maximum Gasteiger partial charge on any atom is 0.101 e. The minimum absolute atomic E-state index is 0.666. The summed E-state index contributed by atoms with van der Waals surface area (Å²) in [4.78, 5) is 4.87. The van der Waals surface area contributed by atoms with Crippen molar-refractivity contribution in [2.24, 2.45) is 0 Å². The lowest BCUT2D eigenvalue weighted by Crippen LogP contribution is -2.24. The first kappa shape index (κ1) is 29.5. The van der Waals surface area contributed by atoms with Gasteiger partial charge in [-0.15, -0.1) is 0 Å². The summed E-state index contributed by atoms with van der Waals surface area (Å²) in [6.07, 6.45) is 8.59. The Hall–Kier alpha value is -6.37. The molecular weight excluding hydrogens is 619 g/mol. The number of allylic oxidation sites excluding steroid dienone is 4. The summed E-state index contributed by atoms with van der Waals surface area (Å²) in [5, 5.41) is 20.4. The molecule has 0 amide bonds. The SMILES string of the molecule is N#Cc1ccccc1N(C1=CC=C(c2ccc3ccccc3c2)CC1)c1ccc2ccc3c(N4CCCc5ccccc54)ccc4ccc1c2c43. The molecule has 0 unspecified atom stereocenters. The van der Waals surface area contributed by atoms with E-state index in [-0.39, 0.29) is 0 Å². The lowest BCUT2D eigenvalue weighted by Gasteiger charge is -2.33. The van der Waals surface area contributed by atoms with Crippen molar-refractivity contribution in [3.05, 3.63) is 174 Å². The first-order chi connectivity index (χ1) is 25.2. The number of aryl methyl sites for hydroxylation is 1. The molecular formula is C48H35N3. The normalized spacial score (nSPS) is 14.5. The first-order valence-electron chi connectivity index (χ1n) is 18.0. The second kappa shape index (κ2) is 11.9. The van der Waals surface area contributed by atoms with E-state index in [0.29, 0.717) is 5.56 Å². The predicted octanol–water partition coefficient (Wildman–Crippen LogP) is 12.6. The third-order valence-electron chi connectivity index (χ3n) is 11.1. The molecule has 51 heavy (non-hydrogen) atoms. The van der Waals surface area contributed by atoms with Crippen molar-refractivity contribution in [2.75, 3.05) is 16.3 Å². The zero-order valence-corrected chi connectivity index (χ0v) is 28.3. The monoisotopic (exact) mass is 653 g/mol. The van der Waals surface area contributed by atoms with Crippen molar-refractivity contribution in [3.8, 4) is 6.07 Å². The third kappa shape index (κ3) is 4.79. The zero-order chi connectivity index (χ0) is 33.9. The number of anilines is 4. The van der Waals surface area contributed by atoms with Gasteiger partial charge in [-0.1, -0.05) is 109 Å². The highest BCUT2D eigenvalue weighted by molar-refractivity contribution is 6.27. The van der Waals surface area contributed by atoms with Gasteiger partial charge in [0.1, 0.15) is 6.07 Å². The van der Waals surface area contributed by atoms with Gasteiger partial charge in [-0.3, -0.25) is 0 Å². The van der Waals surface area contributed by atoms with Crippen molar-refractivity contribution >= 4 is 71.4 Å². The highest BCUT2D eigenvalue weighted by Gasteiger charge is 2.25. The van der Waals surface area contributed by atoms with Crippen molar-refractivity contribution in [1.82, 2.24) is 0 Å². The second-order valence-corrected chi connectivity index (χ2v) is 13.9. The number of rotatable bonds is 5. The van der Waals surface area contributed by atoms with Crippen LogP contribution in [-0.4, -0.2) is 6.54 Å². The highest BCUT2D eigenvalue weighted by Crippen LogP contribution is 2.47. The second-order valence-electron chi connectivity index (χ2n) is 13.9. The smallest absolute Gasteiger partial charge is 0.101 e. The minimum Gasteiger partial charge on any atom is -0.341 e. The molecule has 1 heterocycles. The van der Waals surface area contributed by atoms with Gasteiger partial charge in [0.15, 0.2) is 0 Å². The van der Waals surface area contributed by atoms with Crippen LogP contribution in [0, 0.1) is 11.3 Å². The van der Waals surface area contributed by atoms with Crippen LogP contribution in [0.2, 0.25) is 0 Å². The summed E-state index contributed by atoms with van der Waals surface area (Å²) < 4.78 is 0. The molecule has 3 heteroatoms. The van der Waals surface area contributed by atoms with Gasteiger partial charge in [0.05, 0.1) is 16.9 Å². The summed E-state index contributed by atoms with van der Waals surface area (Å²) in [6.45, 7) is 1.01. The van der Waals surface area contributed by atoms with Crippen molar-refractivity contribution < 1.29 is 0 Å². The van der Waals surface area contributed by atoms with Crippen LogP contribution >= 0.6 is 0 Å². The summed E-state index contributed by atoms with van der Waals surface area (Å²) in [6, 6.07) is 53.0. The molecule has 3 nitrogen and oxygen atoms in total. The molecule has 1 aliphatic heterocycles. The van der Waals surface area contributed by atoms with Crippen molar-refractivity contribution in [2.45, 2.75) is 25.7 Å². The molecule has 242 valence electrons. The molecule has 0 saturated heterocycles. The first-order valence-corrected chi connectivity index (χ1v) is 18.0. The Morgan fingerprint density at radius 2 is 1.27 bits per heavy atom. The number of hydrogen-bond donors (Lipinski definition) is 0. The molecule has 0 spiro atoms. The Balaban J connectivity index is 1.16. The molecule has 10 rings (SSSR count). The average molecular weight is 654 g/mol. The lowest BCUT2D eigenvalue weighted by atomic mass is 9.90. The molecule has 0 fully saturated rings. The maximum absolute atomic E-state index is 10.3. The molecule has 8 aromatic carbocycles. The van der Waals surface area contributed by atoms with Crippen LogP contribution in [0.3, 0.4) is 0 Å². The number of nitrogens with zero attached hydrogens (tertiary/aromatic N) is 3. The number of hydrogen-bond acceptors (Lipinski definition) is 3. The molecule has 0 bridgehead atoms. The molecule has 8 aromatic rings. The predicted molar refractivity (Wildman–Crippen MR) is 214 cm³/mol. The number of para-hydroxylation sites is 2. The molecule has 2 aliphatic rings. The van der Waals surface area contributed by atoms with Gasteiger partial charge < -0.3 is 9.80 Å². The largest absolute Gasteiger partial charge is 0.341 e. The Morgan fingerprint density at radius 3 is 2.14 bits per heavy atom. The van der Waals surface area contributed by atoms with Crippen LogP contribution in [-0.2, 0) is 6.42 Å². The Labute approximate surface area is 297 Å². The lowest BCUT2D eigenvalue weighted by molar-refractivity contribution is 0.768. The van der Waals surface area contributed by atoms with Gasteiger partial charge in [0.2, 0.25) is 0 Å². The van der Waals surface area contributed by atoms with E-state index in [0.717, 1.165) is 43.6 Å². The van der Waals surface area contributed by atoms with E-state index in [1.54, 1.807) is 0 Å². The van der Waals surface area contributed by atoms with Gasteiger partial charge in [-0.25, -0.2) is 0 Å². The van der Waals surface area contributed by atoms with Crippen LogP contribution < -0.4 is 9.80 Å². The Morgan fingerprint density at radius 1 is 0.549 bits per heavy atom.